The molecule has 1 nitrogen and oxygen atoms in total. The molecule has 78 valence electrons. The Hall–Kier alpha value is -0.183. The highest BCUT2D eigenvalue weighted by Gasteiger charge is 2.19. The van der Waals surface area contributed by atoms with Gasteiger partial charge in [-0.05, 0) is 12.1 Å². The van der Waals surface area contributed by atoms with Gasteiger partial charge in [-0.15, -0.1) is 0 Å². The number of hydrogen-bond donors (Lipinski definition) is 0. The molecule has 0 heterocycles. The third-order valence-electron chi connectivity index (χ3n) is 2.07. The molecule has 0 aromatic heterocycles. The summed E-state index contributed by atoms with van der Waals surface area (Å²) in [5.74, 6) is 0.565. The van der Waals surface area contributed by atoms with Crippen LogP contribution in [0.25, 0.3) is 0 Å². The lowest BCUT2D eigenvalue weighted by Gasteiger charge is -2.18. The highest BCUT2D eigenvalue weighted by molar-refractivity contribution is 6.88. The maximum atomic E-state index is 6.05. The van der Waals surface area contributed by atoms with E-state index in [1.807, 2.05) is 12.1 Å². The number of halogens is 2. The molecule has 0 N–H and O–H groups in total. The lowest BCUT2D eigenvalue weighted by Crippen LogP contribution is -2.37. The zero-order chi connectivity index (χ0) is 10.9. The third kappa shape index (κ3) is 2.44. The summed E-state index contributed by atoms with van der Waals surface area (Å²) < 4.78 is 5.09. The van der Waals surface area contributed by atoms with E-state index in [-0.39, 0.29) is 0 Å². The normalized spacial score (nSPS) is 11.6. The second kappa shape index (κ2) is 4.13. The fourth-order valence-corrected chi connectivity index (χ4v) is 3.17. The number of ether oxygens (including phenoxy) is 1. The molecule has 0 unspecified atom stereocenters. The van der Waals surface area contributed by atoms with Crippen molar-refractivity contribution in [2.24, 2.45) is 0 Å². The summed E-state index contributed by atoms with van der Waals surface area (Å²) in [7, 11) is 0.214. The molecular formula is C10H14Cl2OSi. The van der Waals surface area contributed by atoms with Gasteiger partial charge in [0.2, 0.25) is 0 Å². The van der Waals surface area contributed by atoms with E-state index in [9.17, 15) is 0 Å². The maximum absolute atomic E-state index is 6.05. The zero-order valence-corrected chi connectivity index (χ0v) is 11.3. The van der Waals surface area contributed by atoms with E-state index >= 15 is 0 Å². The van der Waals surface area contributed by atoms with Crippen LogP contribution in [0, 0.1) is 0 Å². The maximum Gasteiger partial charge on any atom is 0.156 e. The summed E-state index contributed by atoms with van der Waals surface area (Å²) in [6.45, 7) is 6.75. The second-order valence-corrected chi connectivity index (χ2v) is 10.1. The Kier molecular flexibility index (Phi) is 3.51. The summed E-state index contributed by atoms with van der Waals surface area (Å²) in [5, 5.41) is 2.43. The lowest BCUT2D eigenvalue weighted by atomic mass is 10.3. The predicted octanol–water partition coefficient (Wildman–Crippen LogP) is 3.55. The van der Waals surface area contributed by atoms with Gasteiger partial charge in [-0.2, -0.15) is 0 Å². The minimum atomic E-state index is -1.36. The molecule has 0 atom stereocenters. The molecule has 0 saturated heterocycles. The van der Waals surface area contributed by atoms with Crippen LogP contribution in [0.2, 0.25) is 29.7 Å². The van der Waals surface area contributed by atoms with Crippen molar-refractivity contribution in [1.82, 2.24) is 0 Å². The summed E-state index contributed by atoms with van der Waals surface area (Å²) >= 11 is 12.1. The van der Waals surface area contributed by atoms with Crippen LogP contribution in [0.15, 0.2) is 12.1 Å². The van der Waals surface area contributed by atoms with E-state index in [0.717, 1.165) is 0 Å². The third-order valence-corrected chi connectivity index (χ3v) is 4.65. The van der Waals surface area contributed by atoms with Gasteiger partial charge in [0.15, 0.2) is 5.75 Å². The minimum Gasteiger partial charge on any atom is -0.494 e. The van der Waals surface area contributed by atoms with Crippen LogP contribution < -0.4 is 9.92 Å². The Bertz CT molecular complexity index is 321. The van der Waals surface area contributed by atoms with E-state index < -0.39 is 8.07 Å². The van der Waals surface area contributed by atoms with Crippen molar-refractivity contribution in [3.8, 4) is 5.75 Å². The van der Waals surface area contributed by atoms with Gasteiger partial charge in [0.05, 0.1) is 25.2 Å². The van der Waals surface area contributed by atoms with Crippen LogP contribution in [-0.4, -0.2) is 15.2 Å². The molecule has 4 heteroatoms. The van der Waals surface area contributed by atoms with Crippen LogP contribution in [0.4, 0.5) is 0 Å². The van der Waals surface area contributed by atoms with Gasteiger partial charge >= 0.3 is 0 Å². The van der Waals surface area contributed by atoms with Crippen molar-refractivity contribution in [3.63, 3.8) is 0 Å². The molecule has 0 bridgehead atoms. The molecule has 0 aliphatic heterocycles. The summed E-state index contributed by atoms with van der Waals surface area (Å²) in [5.41, 5.74) is 0. The van der Waals surface area contributed by atoms with E-state index in [2.05, 4.69) is 19.6 Å². The van der Waals surface area contributed by atoms with Crippen LogP contribution >= 0.6 is 23.2 Å². The van der Waals surface area contributed by atoms with Gasteiger partial charge in [0, 0.05) is 0 Å². The Morgan fingerprint density at radius 3 is 1.79 bits per heavy atom. The van der Waals surface area contributed by atoms with Gasteiger partial charge in [-0.1, -0.05) is 48.0 Å². The zero-order valence-electron chi connectivity index (χ0n) is 8.82. The van der Waals surface area contributed by atoms with Crippen molar-refractivity contribution < 1.29 is 4.74 Å². The number of hydrogen-bond acceptors (Lipinski definition) is 1. The van der Waals surface area contributed by atoms with Crippen LogP contribution in [0.1, 0.15) is 0 Å². The van der Waals surface area contributed by atoms with E-state index in [1.165, 1.54) is 5.19 Å². The van der Waals surface area contributed by atoms with Crippen LogP contribution in [-0.2, 0) is 0 Å². The van der Waals surface area contributed by atoms with E-state index in [0.29, 0.717) is 15.8 Å². The first-order valence-electron chi connectivity index (χ1n) is 4.40. The molecule has 0 spiro atoms. The molecule has 0 saturated carbocycles. The average molecular weight is 249 g/mol. The van der Waals surface area contributed by atoms with Gasteiger partial charge in [0.1, 0.15) is 0 Å². The molecule has 0 amide bonds. The van der Waals surface area contributed by atoms with Gasteiger partial charge < -0.3 is 4.74 Å². The largest absolute Gasteiger partial charge is 0.494 e. The van der Waals surface area contributed by atoms with Crippen molar-refractivity contribution in [2.45, 2.75) is 19.6 Å². The van der Waals surface area contributed by atoms with Gasteiger partial charge in [-0.3, -0.25) is 0 Å². The van der Waals surface area contributed by atoms with Gasteiger partial charge in [0.25, 0.3) is 0 Å². The van der Waals surface area contributed by atoms with Crippen molar-refractivity contribution in [2.75, 3.05) is 7.11 Å². The Morgan fingerprint density at radius 1 is 1.07 bits per heavy atom. The topological polar surface area (TPSA) is 9.23 Å². The van der Waals surface area contributed by atoms with Crippen molar-refractivity contribution >= 4 is 36.5 Å². The Labute approximate surface area is 96.0 Å². The molecule has 0 radical (unpaired) electrons. The highest BCUT2D eigenvalue weighted by atomic mass is 35.5. The fraction of sp³-hybridized carbons (Fsp3) is 0.400. The highest BCUT2D eigenvalue weighted by Crippen LogP contribution is 2.31. The second-order valence-electron chi connectivity index (χ2n) is 4.22. The lowest BCUT2D eigenvalue weighted by molar-refractivity contribution is 0.415. The monoisotopic (exact) mass is 248 g/mol. The first-order valence-corrected chi connectivity index (χ1v) is 8.65. The minimum absolute atomic E-state index is 0.565. The SMILES string of the molecule is COc1c(Cl)cc([Si](C)(C)C)cc1Cl. The molecule has 0 aliphatic rings. The number of methoxy groups -OCH3 is 1. The predicted molar refractivity (Wildman–Crippen MR) is 66.0 cm³/mol. The molecule has 1 aromatic carbocycles. The van der Waals surface area contributed by atoms with Crippen LogP contribution in [0.3, 0.4) is 0 Å². The number of benzene rings is 1. The molecular weight excluding hydrogens is 235 g/mol. The van der Waals surface area contributed by atoms with Gasteiger partial charge in [-0.25, -0.2) is 0 Å². The van der Waals surface area contributed by atoms with E-state index in [1.54, 1.807) is 7.11 Å². The molecule has 1 rings (SSSR count). The summed E-state index contributed by atoms with van der Waals surface area (Å²) in [4.78, 5) is 0. The summed E-state index contributed by atoms with van der Waals surface area (Å²) in [6, 6.07) is 3.91. The molecule has 0 aliphatic carbocycles. The number of rotatable bonds is 2. The van der Waals surface area contributed by atoms with Crippen molar-refractivity contribution in [1.29, 1.82) is 0 Å². The molecule has 14 heavy (non-hydrogen) atoms. The summed E-state index contributed by atoms with van der Waals surface area (Å²) in [6.07, 6.45) is 0. The quantitative estimate of drug-likeness (QED) is 0.728. The smallest absolute Gasteiger partial charge is 0.156 e. The average Bonchev–Trinajstić information content (AvgIpc) is 2.01. The molecule has 0 fully saturated rings. The Balaban J connectivity index is 3.28. The first kappa shape index (κ1) is 11.9. The molecule has 1 aromatic rings. The van der Waals surface area contributed by atoms with E-state index in [4.69, 9.17) is 27.9 Å². The van der Waals surface area contributed by atoms with Crippen LogP contribution in [0.5, 0.6) is 5.75 Å². The first-order chi connectivity index (χ1) is 6.36. The Morgan fingerprint density at radius 2 is 1.50 bits per heavy atom. The fourth-order valence-electron chi connectivity index (χ4n) is 1.19. The standard InChI is InChI=1S/C10H14Cl2OSi/c1-13-10-8(11)5-7(6-9(10)12)14(2,3)4/h5-6H,1-4H3. The van der Waals surface area contributed by atoms with Crippen molar-refractivity contribution in [3.05, 3.63) is 22.2 Å².